The average molecular weight is 607 g/mol. The van der Waals surface area contributed by atoms with Gasteiger partial charge in [-0.3, -0.25) is 19.2 Å². The molecule has 0 unspecified atom stereocenters. The third-order valence-electron chi connectivity index (χ3n) is 1.51. The first kappa shape index (κ1) is 83.2. The first-order chi connectivity index (χ1) is 13.8. The fourth-order valence-corrected chi connectivity index (χ4v) is 0.668. The van der Waals surface area contributed by atoms with Gasteiger partial charge >= 0.3 is 94.6 Å². The van der Waals surface area contributed by atoms with Crippen molar-refractivity contribution in [2.45, 2.75) is 52.1 Å². The Labute approximate surface area is 286 Å². The fraction of sp³-hybridized carbons (Fsp3) is 0.562. The van der Waals surface area contributed by atoms with Gasteiger partial charge in [0.2, 0.25) is 0 Å². The van der Waals surface area contributed by atoms with Gasteiger partial charge < -0.3 is 74.3 Å². The number of aliphatic hydroxyl groups excluding tert-OH is 5. The number of aliphatic hydroxyl groups is 5. The molecule has 0 aliphatic rings. The molecule has 22 heteroatoms. The Morgan fingerprint density at radius 2 is 0.737 bits per heavy atom. The van der Waals surface area contributed by atoms with Crippen LogP contribution in [0.25, 0.3) is 0 Å². The topological polar surface area (TPSA) is 421 Å². The first-order valence-electron chi connectivity index (χ1n) is 7.68. The van der Waals surface area contributed by atoms with Gasteiger partial charge in [-0.05, 0) is 0 Å². The Bertz CT molecular complexity index is 456. The second-order valence-electron chi connectivity index (χ2n) is 4.59. The van der Waals surface area contributed by atoms with Crippen molar-refractivity contribution in [2.24, 2.45) is 0 Å². The molecule has 0 aliphatic heterocycles. The second kappa shape index (κ2) is 61.0. The Kier molecular flexibility index (Phi) is 134. The summed E-state index contributed by atoms with van der Waals surface area (Å²) in [6.45, 7) is 9.49. The summed E-state index contributed by atoms with van der Waals surface area (Å²) in [5, 5.41) is 81.5. The minimum absolute atomic E-state index is 0. The van der Waals surface area contributed by atoms with Crippen molar-refractivity contribution in [1.29, 1.82) is 0 Å². The third kappa shape index (κ3) is 137. The Morgan fingerprint density at radius 3 is 0.842 bits per heavy atom. The van der Waals surface area contributed by atoms with Crippen molar-refractivity contribution in [2.75, 3.05) is 6.61 Å². The first-order valence-corrected chi connectivity index (χ1v) is 7.68. The van der Waals surface area contributed by atoms with Gasteiger partial charge in [0.05, 0.1) is 6.61 Å². The van der Waals surface area contributed by atoms with E-state index in [9.17, 15) is 4.79 Å². The molecule has 38 heavy (non-hydrogen) atoms. The Hall–Kier alpha value is -0.270. The molecule has 0 rings (SSSR count). The van der Waals surface area contributed by atoms with Crippen LogP contribution in [0.5, 0.6) is 0 Å². The second-order valence-corrected chi connectivity index (χ2v) is 4.59. The molecule has 0 saturated heterocycles. The predicted octanol–water partition coefficient (Wildman–Crippen LogP) is -5.60. The number of carbonyl (C=O) groups is 5. The molecule has 0 heterocycles. The van der Waals surface area contributed by atoms with Crippen molar-refractivity contribution in [3.05, 3.63) is 13.2 Å². The van der Waals surface area contributed by atoms with E-state index in [1.807, 2.05) is 0 Å². The molecule has 0 bridgehead atoms. The number of carboxylic acids is 5. The summed E-state index contributed by atoms with van der Waals surface area (Å²) in [5.74, 6) is -5.06. The molecule has 0 spiro atoms. The third-order valence-corrected chi connectivity index (χ3v) is 1.51. The van der Waals surface area contributed by atoms with Gasteiger partial charge in [0.15, 0.2) is 6.10 Å². The summed E-state index contributed by atoms with van der Waals surface area (Å²) in [6.07, 6.45) is -7.84. The summed E-state index contributed by atoms with van der Waals surface area (Å²) in [5.41, 5.74) is 0. The van der Waals surface area contributed by atoms with E-state index in [1.165, 1.54) is 0 Å². The van der Waals surface area contributed by atoms with Crippen LogP contribution in [0.1, 0.15) is 27.7 Å². The summed E-state index contributed by atoms with van der Waals surface area (Å²) in [6, 6.07) is 0. The van der Waals surface area contributed by atoms with E-state index in [4.69, 9.17) is 70.2 Å². The van der Waals surface area contributed by atoms with E-state index in [0.717, 1.165) is 27.7 Å². The monoisotopic (exact) mass is 606 g/mol. The maximum atomic E-state index is 10.1. The van der Waals surface area contributed by atoms with Crippen molar-refractivity contribution in [3.8, 4) is 0 Å². The Balaban J connectivity index is -0.0000000196. The number of rotatable bonds is 5. The summed E-state index contributed by atoms with van der Waals surface area (Å²) in [7, 11) is 0. The molecule has 4 atom stereocenters. The fourth-order valence-electron chi connectivity index (χ4n) is 0.668. The zero-order valence-electron chi connectivity index (χ0n) is 19.9. The van der Waals surface area contributed by atoms with Crippen LogP contribution in [-0.4, -0.2) is 212 Å². The van der Waals surface area contributed by atoms with E-state index in [0.29, 0.717) is 0 Å². The van der Waals surface area contributed by atoms with E-state index in [1.54, 1.807) is 0 Å². The van der Waals surface area contributed by atoms with Gasteiger partial charge in [0, 0.05) is 27.7 Å². The van der Waals surface area contributed by atoms with Gasteiger partial charge in [-0.1, -0.05) is 0 Å². The summed E-state index contributed by atoms with van der Waals surface area (Å²) in [4.78, 5) is 46.1. The Morgan fingerprint density at radius 1 is 0.579 bits per heavy atom. The molecule has 19 nitrogen and oxygen atoms in total. The zero-order chi connectivity index (χ0) is 26.9. The van der Waals surface area contributed by atoms with Crippen LogP contribution >= 0.6 is 0 Å². The molecule has 224 valence electrons. The predicted molar refractivity (Wildman–Crippen MR) is 142 cm³/mol. The average Bonchev–Trinajstić information content (AvgIpc) is 2.58. The molecule has 0 aromatic carbocycles. The van der Waals surface area contributed by atoms with Crippen LogP contribution < -0.4 is 12.3 Å². The zero-order valence-corrected chi connectivity index (χ0v) is 19.9. The van der Waals surface area contributed by atoms with Gasteiger partial charge in [0.25, 0.3) is 23.9 Å². The number of carboxylic acid groups (broad SMARTS) is 5. The van der Waals surface area contributed by atoms with Gasteiger partial charge in [-0.15, -0.1) is 13.2 Å². The van der Waals surface area contributed by atoms with Crippen LogP contribution in [-0.2, 0) is 24.0 Å². The van der Waals surface area contributed by atoms with Crippen molar-refractivity contribution in [1.82, 2.24) is 12.3 Å². The summed E-state index contributed by atoms with van der Waals surface area (Å²) < 4.78 is 0. The van der Waals surface area contributed by atoms with Crippen LogP contribution in [0.3, 0.4) is 0 Å². The van der Waals surface area contributed by atoms with Crippen LogP contribution in [0.15, 0.2) is 13.2 Å². The van der Waals surface area contributed by atoms with Gasteiger partial charge in [-0.2, -0.15) is 0 Å². The number of hydrogen-bond acceptors (Lipinski definition) is 12. The van der Waals surface area contributed by atoms with Gasteiger partial charge in [0.1, 0.15) is 18.3 Å². The molecule has 0 amide bonds. The van der Waals surface area contributed by atoms with Gasteiger partial charge in [-0.25, -0.2) is 4.79 Å². The molecule has 20 N–H and O–H groups in total. The SMILES string of the molecule is C=C.CC(=O)O.CC(=O)O.CC(=O)O.CC(=O)O.N.N.O.O.O=C(O)[C@H](O)[C@@H](O)[C@H](O)[C@H](O)CO.[NaH].[NaH].[NaH]. The van der Waals surface area contributed by atoms with Crippen LogP contribution in [0.2, 0.25) is 0 Å². The number of aliphatic carboxylic acids is 5. The van der Waals surface area contributed by atoms with E-state index < -0.39 is 60.9 Å². The number of hydrogen-bond donors (Lipinski definition) is 12. The van der Waals surface area contributed by atoms with E-state index in [-0.39, 0.29) is 112 Å². The summed E-state index contributed by atoms with van der Waals surface area (Å²) >= 11 is 0. The van der Waals surface area contributed by atoms with E-state index in [2.05, 4.69) is 13.2 Å². The van der Waals surface area contributed by atoms with E-state index >= 15 is 0 Å². The molecule has 0 aliphatic carbocycles. The molecule has 0 aromatic heterocycles. The van der Waals surface area contributed by atoms with Crippen LogP contribution in [0.4, 0.5) is 0 Å². The molecule has 0 fully saturated rings. The van der Waals surface area contributed by atoms with Crippen molar-refractivity contribution in [3.63, 3.8) is 0 Å². The quantitative estimate of drug-likeness (QED) is 0.102. The van der Waals surface area contributed by atoms with Crippen LogP contribution in [0, 0.1) is 0 Å². The minimum atomic E-state index is -2.20. The van der Waals surface area contributed by atoms with Crippen molar-refractivity contribution >= 4 is 119 Å². The standard InChI is InChI=1S/C6H12O7.4C2H4O2.C2H4.2H3N.3Na.2H2O.3H/c7-1-2(8)3(9)4(10)5(11)6(12)13;4*1-2(3)4;1-2;;;;;;;;;;/h2-5,7-11H,1H2,(H,12,13);4*1H3,(H,3,4);1-2H2;2*1H3;;;;2*1H2;;;/t2-,3-,4+,5-;;;;;;;;;;;;;;;/m1.............../s1. The molecular weight excluding hydrogens is 561 g/mol. The van der Waals surface area contributed by atoms with Crippen molar-refractivity contribution < 1.29 is 86.0 Å². The molecule has 0 aromatic rings. The molecule has 0 saturated carbocycles. The molecular formula is C16H45N2Na3O17. The molecule has 0 radical (unpaired) electrons. The maximum absolute atomic E-state index is 10.1. The normalized spacial score (nSPS) is 9.71.